The molecule has 1 saturated carbocycles. The number of aliphatic hydroxyl groups is 1. The largest absolute Gasteiger partial charge is 0.388 e. The summed E-state index contributed by atoms with van der Waals surface area (Å²) in [5, 5.41) is 18.6. The van der Waals surface area contributed by atoms with Crippen molar-refractivity contribution in [3.05, 3.63) is 66.0 Å². The molecular formula is C23H24N4O2. The van der Waals surface area contributed by atoms with Crippen LogP contribution in [0, 0.1) is 5.92 Å². The zero-order valence-corrected chi connectivity index (χ0v) is 16.6. The van der Waals surface area contributed by atoms with Gasteiger partial charge in [0.05, 0.1) is 35.3 Å². The molecule has 148 valence electrons. The van der Waals surface area contributed by atoms with Crippen molar-refractivity contribution in [1.82, 2.24) is 19.9 Å². The van der Waals surface area contributed by atoms with Gasteiger partial charge in [0.1, 0.15) is 0 Å². The second-order valence-corrected chi connectivity index (χ2v) is 8.60. The zero-order valence-electron chi connectivity index (χ0n) is 16.6. The molecule has 1 aliphatic heterocycles. The number of benzene rings is 2. The Kier molecular flexibility index (Phi) is 4.06. The first-order valence-electron chi connectivity index (χ1n) is 10.1. The van der Waals surface area contributed by atoms with E-state index < -0.39 is 5.60 Å². The summed E-state index contributed by atoms with van der Waals surface area (Å²) in [5.74, 6) is 0.411. The summed E-state index contributed by atoms with van der Waals surface area (Å²) >= 11 is 0. The Morgan fingerprint density at radius 3 is 2.52 bits per heavy atom. The molecule has 1 N–H and O–H groups in total. The van der Waals surface area contributed by atoms with E-state index in [-0.39, 0.29) is 11.9 Å². The number of carbonyl (C=O) groups excluding carboxylic acids is 1. The molecule has 2 aliphatic rings. The van der Waals surface area contributed by atoms with Crippen LogP contribution >= 0.6 is 0 Å². The highest BCUT2D eigenvalue weighted by Crippen LogP contribution is 2.44. The first-order chi connectivity index (χ1) is 13.9. The van der Waals surface area contributed by atoms with Crippen LogP contribution in [0.1, 0.15) is 42.6 Å². The molecule has 5 rings (SSSR count). The van der Waals surface area contributed by atoms with Gasteiger partial charge in [-0.05, 0) is 61.4 Å². The van der Waals surface area contributed by atoms with Crippen molar-refractivity contribution in [2.24, 2.45) is 5.92 Å². The van der Waals surface area contributed by atoms with Crippen LogP contribution in [0.15, 0.2) is 54.9 Å². The molecule has 0 spiro atoms. The van der Waals surface area contributed by atoms with Crippen molar-refractivity contribution < 1.29 is 9.90 Å². The van der Waals surface area contributed by atoms with Gasteiger partial charge in [0, 0.05) is 6.54 Å². The first kappa shape index (κ1) is 18.1. The minimum Gasteiger partial charge on any atom is -0.388 e. The number of hydrogen-bond acceptors (Lipinski definition) is 4. The fraction of sp³-hybridized carbons (Fsp3) is 0.348. The molecule has 2 aromatic carbocycles. The Morgan fingerprint density at radius 1 is 1.14 bits per heavy atom. The summed E-state index contributed by atoms with van der Waals surface area (Å²) in [6.07, 6.45) is 5.59. The van der Waals surface area contributed by atoms with E-state index in [1.165, 1.54) is 0 Å². The van der Waals surface area contributed by atoms with Gasteiger partial charge in [0.15, 0.2) is 0 Å². The predicted octanol–water partition coefficient (Wildman–Crippen LogP) is 3.44. The third-order valence-corrected chi connectivity index (χ3v) is 5.96. The number of rotatable bonds is 5. The average Bonchev–Trinajstić information content (AvgIpc) is 3.24. The standard InChI is InChI=1S/C23H24N4O2/c1-23(2,29)21(16-6-7-16)26-14-17-4-3-5-19(20(17)22(26)28)15-8-10-18(11-9-15)27-13-12-24-25-27/h3-5,8-13,16,21,29H,6-7,14H2,1-2H3/t21-/m1/s1. The first-order valence-corrected chi connectivity index (χ1v) is 10.1. The number of hydrogen-bond donors (Lipinski definition) is 1. The lowest BCUT2D eigenvalue weighted by molar-refractivity contribution is -0.0224. The molecule has 29 heavy (non-hydrogen) atoms. The van der Waals surface area contributed by atoms with Crippen LogP contribution in [0.3, 0.4) is 0 Å². The van der Waals surface area contributed by atoms with E-state index in [1.807, 2.05) is 61.2 Å². The van der Waals surface area contributed by atoms with Crippen LogP contribution in [0.5, 0.6) is 0 Å². The lowest BCUT2D eigenvalue weighted by atomic mass is 9.92. The van der Waals surface area contributed by atoms with Crippen molar-refractivity contribution in [2.45, 2.75) is 44.9 Å². The molecule has 6 nitrogen and oxygen atoms in total. The molecule has 1 fully saturated rings. The van der Waals surface area contributed by atoms with Gasteiger partial charge in [-0.2, -0.15) is 0 Å². The molecule has 1 amide bonds. The van der Waals surface area contributed by atoms with Crippen LogP contribution in [0.2, 0.25) is 0 Å². The summed E-state index contributed by atoms with van der Waals surface area (Å²) in [7, 11) is 0. The van der Waals surface area contributed by atoms with E-state index in [9.17, 15) is 9.90 Å². The third kappa shape index (κ3) is 3.13. The lowest BCUT2D eigenvalue weighted by Gasteiger charge is -2.37. The average molecular weight is 388 g/mol. The topological polar surface area (TPSA) is 71.2 Å². The molecule has 6 heteroatoms. The highest BCUT2D eigenvalue weighted by atomic mass is 16.3. The Labute approximate surface area is 169 Å². The maximum absolute atomic E-state index is 13.5. The number of carbonyl (C=O) groups is 1. The Bertz CT molecular complexity index is 1050. The van der Waals surface area contributed by atoms with E-state index in [0.29, 0.717) is 12.5 Å². The zero-order chi connectivity index (χ0) is 20.2. The molecule has 0 saturated heterocycles. The van der Waals surface area contributed by atoms with E-state index in [0.717, 1.165) is 40.8 Å². The normalized spacial score (nSPS) is 17.5. The molecule has 0 bridgehead atoms. The van der Waals surface area contributed by atoms with Gasteiger partial charge < -0.3 is 10.0 Å². The quantitative estimate of drug-likeness (QED) is 0.727. The van der Waals surface area contributed by atoms with Gasteiger partial charge in [-0.1, -0.05) is 35.5 Å². The second kappa shape index (κ2) is 6.52. The van der Waals surface area contributed by atoms with Crippen molar-refractivity contribution in [2.75, 3.05) is 0 Å². The molecule has 1 aromatic heterocycles. The summed E-state index contributed by atoms with van der Waals surface area (Å²) in [6.45, 7) is 4.19. The van der Waals surface area contributed by atoms with E-state index in [2.05, 4.69) is 10.3 Å². The molecule has 3 aromatic rings. The molecule has 0 unspecified atom stereocenters. The number of amides is 1. The minimum atomic E-state index is -0.918. The predicted molar refractivity (Wildman–Crippen MR) is 109 cm³/mol. The molecule has 2 heterocycles. The number of nitrogens with zero attached hydrogens (tertiary/aromatic N) is 4. The van der Waals surface area contributed by atoms with Crippen LogP contribution in [0.4, 0.5) is 0 Å². The Balaban J connectivity index is 1.50. The van der Waals surface area contributed by atoms with Crippen molar-refractivity contribution in [3.63, 3.8) is 0 Å². The SMILES string of the molecule is CC(C)(O)[C@@H](C1CC1)N1Cc2cccc(-c3ccc(-n4ccnn4)cc3)c2C1=O. The summed E-state index contributed by atoms with van der Waals surface area (Å²) in [6, 6.07) is 13.9. The third-order valence-electron chi connectivity index (χ3n) is 5.96. The molecule has 1 atom stereocenters. The van der Waals surface area contributed by atoms with Gasteiger partial charge in [0.2, 0.25) is 0 Å². The summed E-state index contributed by atoms with van der Waals surface area (Å²) in [5.41, 5.74) is 3.72. The van der Waals surface area contributed by atoms with Gasteiger partial charge in [0.25, 0.3) is 5.91 Å². The van der Waals surface area contributed by atoms with Crippen molar-refractivity contribution in [3.8, 4) is 16.8 Å². The molecule has 1 aliphatic carbocycles. The maximum Gasteiger partial charge on any atom is 0.255 e. The number of aromatic nitrogens is 3. The monoisotopic (exact) mass is 388 g/mol. The smallest absolute Gasteiger partial charge is 0.255 e. The second-order valence-electron chi connectivity index (χ2n) is 8.60. The highest BCUT2D eigenvalue weighted by molar-refractivity contribution is 6.04. The van der Waals surface area contributed by atoms with Gasteiger partial charge in [-0.3, -0.25) is 4.79 Å². The summed E-state index contributed by atoms with van der Waals surface area (Å²) < 4.78 is 1.70. The fourth-order valence-corrected chi connectivity index (χ4v) is 4.61. The van der Waals surface area contributed by atoms with Gasteiger partial charge in [-0.15, -0.1) is 5.10 Å². The van der Waals surface area contributed by atoms with Crippen LogP contribution in [0.25, 0.3) is 16.8 Å². The van der Waals surface area contributed by atoms with Crippen molar-refractivity contribution >= 4 is 5.91 Å². The van der Waals surface area contributed by atoms with Gasteiger partial charge >= 0.3 is 0 Å². The van der Waals surface area contributed by atoms with E-state index >= 15 is 0 Å². The van der Waals surface area contributed by atoms with E-state index in [4.69, 9.17) is 0 Å². The molecular weight excluding hydrogens is 364 g/mol. The lowest BCUT2D eigenvalue weighted by Crippen LogP contribution is -2.51. The van der Waals surface area contributed by atoms with E-state index in [1.54, 1.807) is 17.1 Å². The van der Waals surface area contributed by atoms with Crippen LogP contribution < -0.4 is 0 Å². The van der Waals surface area contributed by atoms with Crippen LogP contribution in [-0.4, -0.2) is 42.6 Å². The van der Waals surface area contributed by atoms with Crippen molar-refractivity contribution in [1.29, 1.82) is 0 Å². The Hall–Kier alpha value is -2.99. The minimum absolute atomic E-state index is 0.0231. The Morgan fingerprint density at radius 2 is 1.90 bits per heavy atom. The summed E-state index contributed by atoms with van der Waals surface area (Å²) in [4.78, 5) is 15.3. The highest BCUT2D eigenvalue weighted by Gasteiger charge is 2.48. The molecule has 0 radical (unpaired) electrons. The maximum atomic E-state index is 13.5. The van der Waals surface area contributed by atoms with Gasteiger partial charge in [-0.25, -0.2) is 4.68 Å². The van der Waals surface area contributed by atoms with Crippen LogP contribution in [-0.2, 0) is 6.54 Å². The fourth-order valence-electron chi connectivity index (χ4n) is 4.61. The number of fused-ring (bicyclic) bond motifs is 1.